The molecule has 0 aliphatic rings. The van der Waals surface area contributed by atoms with E-state index in [1.807, 2.05) is 24.3 Å². The van der Waals surface area contributed by atoms with Gasteiger partial charge in [0.05, 0.1) is 12.1 Å². The van der Waals surface area contributed by atoms with Crippen molar-refractivity contribution in [2.24, 2.45) is 5.73 Å². The zero-order chi connectivity index (χ0) is 32.5. The van der Waals surface area contributed by atoms with Crippen molar-refractivity contribution in [3.63, 3.8) is 0 Å². The highest BCUT2D eigenvalue weighted by molar-refractivity contribution is 5.95. The lowest BCUT2D eigenvalue weighted by atomic mass is 10.0. The SMILES string of the molecule is CC(O)C(NC(=O)C(N)Cc1c[nH]c2ccccc12)C(=O)NC(Cc1ccccc1)C(=O)NC(Cc1ccc(O)cc1)C(=O)O. The number of aliphatic hydroxyl groups is 1. The number of benzene rings is 3. The van der Waals surface area contributed by atoms with Crippen molar-refractivity contribution in [3.8, 4) is 5.75 Å². The number of rotatable bonds is 14. The molecule has 0 radical (unpaired) electrons. The maximum atomic E-state index is 13.4. The Kier molecular flexibility index (Phi) is 10.9. The molecule has 4 rings (SSSR count). The molecule has 0 bridgehead atoms. The van der Waals surface area contributed by atoms with Crippen LogP contribution in [0, 0.1) is 0 Å². The van der Waals surface area contributed by atoms with Crippen LogP contribution in [0.25, 0.3) is 10.9 Å². The summed E-state index contributed by atoms with van der Waals surface area (Å²) in [7, 11) is 0. The predicted octanol–water partition coefficient (Wildman–Crippen LogP) is 1.15. The van der Waals surface area contributed by atoms with Gasteiger partial charge in [0.25, 0.3) is 0 Å². The van der Waals surface area contributed by atoms with Crippen LogP contribution in [0.5, 0.6) is 5.75 Å². The van der Waals surface area contributed by atoms with E-state index in [0.29, 0.717) is 11.1 Å². The highest BCUT2D eigenvalue weighted by Gasteiger charge is 2.33. The summed E-state index contributed by atoms with van der Waals surface area (Å²) in [6, 6.07) is 17.1. The summed E-state index contributed by atoms with van der Waals surface area (Å²) in [6.45, 7) is 1.32. The monoisotopic (exact) mass is 615 g/mol. The first-order chi connectivity index (χ1) is 21.5. The largest absolute Gasteiger partial charge is 0.508 e. The molecule has 236 valence electrons. The Labute approximate surface area is 259 Å². The molecule has 5 unspecified atom stereocenters. The number of aromatic hydroxyl groups is 1. The van der Waals surface area contributed by atoms with E-state index in [-0.39, 0.29) is 25.0 Å². The molecular weight excluding hydrogens is 578 g/mol. The Morgan fingerprint density at radius 3 is 2.02 bits per heavy atom. The molecule has 1 aromatic heterocycles. The third kappa shape index (κ3) is 8.91. The third-order valence-electron chi connectivity index (χ3n) is 7.42. The van der Waals surface area contributed by atoms with Crippen molar-refractivity contribution in [1.82, 2.24) is 20.9 Å². The summed E-state index contributed by atoms with van der Waals surface area (Å²) < 4.78 is 0. The van der Waals surface area contributed by atoms with Gasteiger partial charge in [0.2, 0.25) is 17.7 Å². The highest BCUT2D eigenvalue weighted by atomic mass is 16.4. The molecule has 12 nitrogen and oxygen atoms in total. The summed E-state index contributed by atoms with van der Waals surface area (Å²) in [5, 5.41) is 38.2. The normalized spacial score (nSPS) is 14.5. The van der Waals surface area contributed by atoms with Crippen LogP contribution >= 0.6 is 0 Å². The molecule has 0 spiro atoms. The molecule has 45 heavy (non-hydrogen) atoms. The van der Waals surface area contributed by atoms with Crippen molar-refractivity contribution in [2.45, 2.75) is 56.5 Å². The number of nitrogens with two attached hydrogens (primary N) is 1. The standard InChI is InChI=1S/C33H37N5O7/c1-19(39)29(38-30(41)25(34)17-22-18-35-26-10-6-5-9-24(22)26)32(43)36-27(15-20-7-3-2-4-8-20)31(42)37-28(33(44)45)16-21-11-13-23(40)14-12-21/h2-14,18-19,25,27-29,35,39-40H,15-17,34H2,1H3,(H,36,43)(H,37,42)(H,38,41)(H,44,45). The number of phenols is 1. The number of aliphatic hydroxyl groups excluding tert-OH is 1. The molecule has 3 amide bonds. The molecule has 0 saturated heterocycles. The molecule has 0 aliphatic heterocycles. The van der Waals surface area contributed by atoms with Gasteiger partial charge >= 0.3 is 5.97 Å². The van der Waals surface area contributed by atoms with E-state index in [4.69, 9.17) is 5.73 Å². The van der Waals surface area contributed by atoms with Crippen molar-refractivity contribution in [1.29, 1.82) is 0 Å². The zero-order valence-corrected chi connectivity index (χ0v) is 24.6. The summed E-state index contributed by atoms with van der Waals surface area (Å²) in [6.07, 6.45) is 0.505. The van der Waals surface area contributed by atoms with E-state index in [1.54, 1.807) is 48.7 Å². The summed E-state index contributed by atoms with van der Waals surface area (Å²) in [5.41, 5.74) is 9.12. The number of para-hydroxylation sites is 1. The van der Waals surface area contributed by atoms with Gasteiger partial charge in [-0.2, -0.15) is 0 Å². The maximum absolute atomic E-state index is 13.4. The molecule has 5 atom stereocenters. The van der Waals surface area contributed by atoms with Gasteiger partial charge in [0, 0.05) is 29.9 Å². The number of hydrogen-bond donors (Lipinski definition) is 8. The van der Waals surface area contributed by atoms with E-state index in [2.05, 4.69) is 20.9 Å². The van der Waals surface area contributed by atoms with Gasteiger partial charge in [-0.15, -0.1) is 0 Å². The molecule has 3 aromatic carbocycles. The second-order valence-electron chi connectivity index (χ2n) is 10.9. The van der Waals surface area contributed by atoms with Gasteiger partial charge in [-0.25, -0.2) is 4.79 Å². The second-order valence-corrected chi connectivity index (χ2v) is 10.9. The number of amides is 3. The number of aromatic nitrogens is 1. The fourth-order valence-electron chi connectivity index (χ4n) is 4.96. The van der Waals surface area contributed by atoms with E-state index >= 15 is 0 Å². The molecule has 0 fully saturated rings. The van der Waals surface area contributed by atoms with Crippen LogP contribution in [0.3, 0.4) is 0 Å². The van der Waals surface area contributed by atoms with Crippen LogP contribution in [0.2, 0.25) is 0 Å². The van der Waals surface area contributed by atoms with Crippen LogP contribution in [0.15, 0.2) is 85.1 Å². The smallest absolute Gasteiger partial charge is 0.326 e. The number of carbonyl (C=O) groups is 4. The number of carbonyl (C=O) groups excluding carboxylic acids is 3. The maximum Gasteiger partial charge on any atom is 0.326 e. The lowest BCUT2D eigenvalue weighted by molar-refractivity contribution is -0.142. The first-order valence-corrected chi connectivity index (χ1v) is 14.5. The van der Waals surface area contributed by atoms with Crippen LogP contribution in [0.4, 0.5) is 0 Å². The number of phenolic OH excluding ortho intramolecular Hbond substituents is 1. The summed E-state index contributed by atoms with van der Waals surface area (Å²) in [4.78, 5) is 55.1. The van der Waals surface area contributed by atoms with Crippen molar-refractivity contribution in [2.75, 3.05) is 0 Å². The first kappa shape index (κ1) is 32.7. The molecule has 0 aliphatic carbocycles. The number of aromatic amines is 1. The number of aliphatic carboxylic acids is 1. The second kappa shape index (κ2) is 15.0. The van der Waals surface area contributed by atoms with Crippen molar-refractivity contribution in [3.05, 3.63) is 102 Å². The summed E-state index contributed by atoms with van der Waals surface area (Å²) in [5.74, 6) is -3.58. The van der Waals surface area contributed by atoms with Crippen LogP contribution in [0.1, 0.15) is 23.6 Å². The molecular formula is C33H37N5O7. The number of fused-ring (bicyclic) bond motifs is 1. The van der Waals surface area contributed by atoms with Gasteiger partial charge < -0.3 is 42.0 Å². The Balaban J connectivity index is 1.47. The number of carboxylic acids is 1. The number of H-pyrrole nitrogens is 1. The van der Waals surface area contributed by atoms with Crippen molar-refractivity contribution < 1.29 is 34.5 Å². The fraction of sp³-hybridized carbons (Fsp3) is 0.273. The molecule has 1 heterocycles. The van der Waals surface area contributed by atoms with Gasteiger partial charge in [-0.05, 0) is 48.2 Å². The average molecular weight is 616 g/mol. The van der Waals surface area contributed by atoms with E-state index in [9.17, 15) is 34.5 Å². The lowest BCUT2D eigenvalue weighted by Crippen LogP contribution is -2.60. The van der Waals surface area contributed by atoms with Crippen LogP contribution in [-0.2, 0) is 38.4 Å². The minimum absolute atomic E-state index is 0.00448. The van der Waals surface area contributed by atoms with E-state index in [0.717, 1.165) is 16.5 Å². The van der Waals surface area contributed by atoms with Crippen molar-refractivity contribution >= 4 is 34.6 Å². The van der Waals surface area contributed by atoms with Gasteiger partial charge in [0.15, 0.2) is 0 Å². The van der Waals surface area contributed by atoms with E-state index in [1.165, 1.54) is 19.1 Å². The Hall–Kier alpha value is -5.20. The van der Waals surface area contributed by atoms with Gasteiger partial charge in [-0.3, -0.25) is 14.4 Å². The minimum atomic E-state index is -1.45. The fourth-order valence-corrected chi connectivity index (χ4v) is 4.96. The van der Waals surface area contributed by atoms with E-state index < -0.39 is 54.0 Å². The zero-order valence-electron chi connectivity index (χ0n) is 24.6. The number of hydrogen-bond acceptors (Lipinski definition) is 7. The van der Waals surface area contributed by atoms with Crippen LogP contribution in [-0.4, -0.2) is 74.3 Å². The van der Waals surface area contributed by atoms with Gasteiger partial charge in [-0.1, -0.05) is 60.7 Å². The van der Waals surface area contributed by atoms with Gasteiger partial charge in [0.1, 0.15) is 23.9 Å². The third-order valence-corrected chi connectivity index (χ3v) is 7.42. The molecule has 12 heteroatoms. The Morgan fingerprint density at radius 1 is 0.756 bits per heavy atom. The quantitative estimate of drug-likeness (QED) is 0.103. The lowest BCUT2D eigenvalue weighted by Gasteiger charge is -2.26. The molecule has 4 aromatic rings. The van der Waals surface area contributed by atoms with Crippen LogP contribution < -0.4 is 21.7 Å². The number of nitrogens with one attached hydrogen (secondary N) is 4. The average Bonchev–Trinajstić information content (AvgIpc) is 3.42. The minimum Gasteiger partial charge on any atom is -0.508 e. The topological polar surface area (TPSA) is 207 Å². The predicted molar refractivity (Wildman–Crippen MR) is 167 cm³/mol. The Morgan fingerprint density at radius 2 is 1.36 bits per heavy atom. The Bertz CT molecular complexity index is 1620. The molecule has 9 N–H and O–H groups in total. The highest BCUT2D eigenvalue weighted by Crippen LogP contribution is 2.19. The first-order valence-electron chi connectivity index (χ1n) is 14.5. The number of carboxylic acid groups (broad SMARTS) is 1. The summed E-state index contributed by atoms with van der Waals surface area (Å²) >= 11 is 0. The molecule has 0 saturated carbocycles.